The first-order valence-electron chi connectivity index (χ1n) is 6.83. The van der Waals surface area contributed by atoms with E-state index in [1.54, 1.807) is 12.1 Å². The molecular formula is C17H10BrF2NO3. The predicted molar refractivity (Wildman–Crippen MR) is 89.2 cm³/mol. The summed E-state index contributed by atoms with van der Waals surface area (Å²) in [6.07, 6.45) is 0. The van der Waals surface area contributed by atoms with E-state index >= 15 is 0 Å². The molecule has 2 aromatic carbocycles. The molecule has 0 unspecified atom stereocenters. The van der Waals surface area contributed by atoms with Crippen LogP contribution in [0.5, 0.6) is 0 Å². The van der Waals surface area contributed by atoms with Gasteiger partial charge in [-0.2, -0.15) is 0 Å². The zero-order valence-electron chi connectivity index (χ0n) is 12.3. The molecule has 0 aliphatic heterocycles. The van der Waals surface area contributed by atoms with Gasteiger partial charge in [0.2, 0.25) is 5.43 Å². The molecule has 0 aliphatic rings. The molecule has 0 radical (unpaired) electrons. The van der Waals surface area contributed by atoms with Crippen molar-refractivity contribution in [3.8, 4) is 11.3 Å². The molecular weight excluding hydrogens is 384 g/mol. The number of carboxylic acid groups (broad SMARTS) is 1. The molecule has 0 bridgehead atoms. The van der Waals surface area contributed by atoms with Crippen molar-refractivity contribution >= 4 is 32.8 Å². The largest absolute Gasteiger partial charge is 0.477 e. The van der Waals surface area contributed by atoms with Gasteiger partial charge in [-0.1, -0.05) is 22.0 Å². The number of aromatic carboxylic acids is 1. The molecule has 24 heavy (non-hydrogen) atoms. The third-order valence-electron chi connectivity index (χ3n) is 3.78. The summed E-state index contributed by atoms with van der Waals surface area (Å²) >= 11 is 3.27. The number of hydrogen-bond donors (Lipinski definition) is 1. The maximum absolute atomic E-state index is 14.2. The molecule has 122 valence electrons. The second-order valence-electron chi connectivity index (χ2n) is 5.18. The number of carboxylic acids is 1. The lowest BCUT2D eigenvalue weighted by Crippen LogP contribution is -2.22. The van der Waals surface area contributed by atoms with E-state index in [4.69, 9.17) is 0 Å². The van der Waals surface area contributed by atoms with Crippen LogP contribution < -0.4 is 5.43 Å². The van der Waals surface area contributed by atoms with Crippen LogP contribution in [-0.4, -0.2) is 15.6 Å². The van der Waals surface area contributed by atoms with Crippen LogP contribution in [0.25, 0.3) is 22.2 Å². The number of halogens is 3. The monoisotopic (exact) mass is 393 g/mol. The Hall–Kier alpha value is -2.54. The van der Waals surface area contributed by atoms with E-state index < -0.39 is 34.2 Å². The SMILES string of the molecule is Cn1c(-c2c(F)cccc2F)c(C(=O)O)c(=O)c2ccc(Br)cc21. The van der Waals surface area contributed by atoms with Crippen molar-refractivity contribution in [3.05, 3.63) is 68.3 Å². The van der Waals surface area contributed by atoms with Crippen molar-refractivity contribution in [1.29, 1.82) is 0 Å². The molecule has 1 heterocycles. The Balaban J connectivity index is 2.61. The summed E-state index contributed by atoms with van der Waals surface area (Å²) in [7, 11) is 1.46. The zero-order chi connectivity index (χ0) is 17.6. The number of aromatic nitrogens is 1. The Morgan fingerprint density at radius 1 is 1.17 bits per heavy atom. The second-order valence-corrected chi connectivity index (χ2v) is 6.09. The normalized spacial score (nSPS) is 11.0. The lowest BCUT2D eigenvalue weighted by Gasteiger charge is -2.17. The molecule has 7 heteroatoms. The van der Waals surface area contributed by atoms with Gasteiger partial charge >= 0.3 is 5.97 Å². The molecule has 0 aliphatic carbocycles. The fraction of sp³-hybridized carbons (Fsp3) is 0.0588. The van der Waals surface area contributed by atoms with Crippen LogP contribution in [0.1, 0.15) is 10.4 Å². The fourth-order valence-corrected chi connectivity index (χ4v) is 3.07. The van der Waals surface area contributed by atoms with E-state index in [2.05, 4.69) is 15.9 Å². The Labute approximate surface area is 143 Å². The highest BCUT2D eigenvalue weighted by Crippen LogP contribution is 2.30. The lowest BCUT2D eigenvalue weighted by molar-refractivity contribution is 0.0696. The van der Waals surface area contributed by atoms with Crippen LogP contribution in [0.4, 0.5) is 8.78 Å². The van der Waals surface area contributed by atoms with Crippen LogP contribution in [0.15, 0.2) is 45.7 Å². The predicted octanol–water partition coefficient (Wildman–Crippen LogP) is 3.94. The molecule has 0 saturated heterocycles. The van der Waals surface area contributed by atoms with E-state index in [1.807, 2.05) is 0 Å². The zero-order valence-corrected chi connectivity index (χ0v) is 13.9. The van der Waals surface area contributed by atoms with E-state index in [-0.39, 0.29) is 11.1 Å². The van der Waals surface area contributed by atoms with Crippen LogP contribution in [-0.2, 0) is 7.05 Å². The first kappa shape index (κ1) is 16.3. The minimum absolute atomic E-state index is 0.151. The standard InChI is InChI=1S/C17H10BrF2NO3/c1-21-12-7-8(18)5-6-9(12)16(22)14(17(23)24)15(21)13-10(19)3-2-4-11(13)20/h2-7H,1H3,(H,23,24). The topological polar surface area (TPSA) is 59.3 Å². The highest BCUT2D eigenvalue weighted by Gasteiger charge is 2.26. The minimum atomic E-state index is -1.54. The van der Waals surface area contributed by atoms with Gasteiger partial charge in [0.05, 0.1) is 16.8 Å². The van der Waals surface area contributed by atoms with Gasteiger partial charge in [0.1, 0.15) is 17.2 Å². The maximum Gasteiger partial charge on any atom is 0.341 e. The van der Waals surface area contributed by atoms with E-state index in [0.717, 1.165) is 12.1 Å². The molecule has 3 aromatic rings. The number of benzene rings is 2. The van der Waals surface area contributed by atoms with Gasteiger partial charge in [-0.05, 0) is 30.3 Å². The van der Waals surface area contributed by atoms with Crippen molar-refractivity contribution in [2.24, 2.45) is 7.05 Å². The van der Waals surface area contributed by atoms with Gasteiger partial charge < -0.3 is 9.67 Å². The van der Waals surface area contributed by atoms with Crippen LogP contribution >= 0.6 is 15.9 Å². The van der Waals surface area contributed by atoms with Crippen molar-refractivity contribution < 1.29 is 18.7 Å². The number of rotatable bonds is 2. The highest BCUT2D eigenvalue weighted by atomic mass is 79.9. The smallest absolute Gasteiger partial charge is 0.341 e. The Kier molecular flexibility index (Phi) is 3.96. The molecule has 4 nitrogen and oxygen atoms in total. The number of fused-ring (bicyclic) bond motifs is 1. The summed E-state index contributed by atoms with van der Waals surface area (Å²) in [5.74, 6) is -3.43. The average molecular weight is 394 g/mol. The number of carbonyl (C=O) groups is 1. The summed E-state index contributed by atoms with van der Waals surface area (Å²) in [5.41, 5.74) is -1.96. The lowest BCUT2D eigenvalue weighted by atomic mass is 10.0. The molecule has 0 fully saturated rings. The number of pyridine rings is 1. The Morgan fingerprint density at radius 3 is 2.38 bits per heavy atom. The Bertz CT molecular complexity index is 1040. The van der Waals surface area contributed by atoms with E-state index in [0.29, 0.717) is 9.99 Å². The minimum Gasteiger partial charge on any atom is -0.477 e. The second kappa shape index (κ2) is 5.83. The molecule has 0 saturated carbocycles. The average Bonchev–Trinajstić information content (AvgIpc) is 2.51. The summed E-state index contributed by atoms with van der Waals surface area (Å²) in [4.78, 5) is 24.2. The van der Waals surface area contributed by atoms with Gasteiger partial charge in [-0.15, -0.1) is 0 Å². The number of nitrogens with zero attached hydrogens (tertiary/aromatic N) is 1. The van der Waals surface area contributed by atoms with Crippen molar-refractivity contribution in [2.75, 3.05) is 0 Å². The summed E-state index contributed by atoms with van der Waals surface area (Å²) in [6.45, 7) is 0. The third-order valence-corrected chi connectivity index (χ3v) is 4.27. The molecule has 1 N–H and O–H groups in total. The van der Waals surface area contributed by atoms with Gasteiger partial charge in [0, 0.05) is 16.9 Å². The summed E-state index contributed by atoms with van der Waals surface area (Å²) in [6, 6.07) is 7.85. The quantitative estimate of drug-likeness (QED) is 0.717. The molecule has 0 atom stereocenters. The van der Waals surface area contributed by atoms with E-state index in [1.165, 1.54) is 23.7 Å². The molecule has 0 amide bonds. The van der Waals surface area contributed by atoms with E-state index in [9.17, 15) is 23.5 Å². The van der Waals surface area contributed by atoms with Crippen molar-refractivity contribution in [2.45, 2.75) is 0 Å². The fourth-order valence-electron chi connectivity index (χ4n) is 2.72. The van der Waals surface area contributed by atoms with Gasteiger partial charge in [-0.25, -0.2) is 13.6 Å². The molecule has 1 aromatic heterocycles. The number of hydrogen-bond acceptors (Lipinski definition) is 2. The maximum atomic E-state index is 14.2. The highest BCUT2D eigenvalue weighted by molar-refractivity contribution is 9.10. The summed E-state index contributed by atoms with van der Waals surface area (Å²) < 4.78 is 30.4. The summed E-state index contributed by atoms with van der Waals surface area (Å²) in [5, 5.41) is 9.61. The van der Waals surface area contributed by atoms with Crippen molar-refractivity contribution in [1.82, 2.24) is 4.57 Å². The molecule has 3 rings (SSSR count). The first-order valence-corrected chi connectivity index (χ1v) is 7.62. The van der Waals surface area contributed by atoms with Gasteiger partial charge in [-0.3, -0.25) is 4.79 Å². The van der Waals surface area contributed by atoms with Crippen molar-refractivity contribution in [3.63, 3.8) is 0 Å². The van der Waals surface area contributed by atoms with Gasteiger partial charge in [0.25, 0.3) is 0 Å². The number of aryl methyl sites for hydroxylation is 1. The first-order chi connectivity index (χ1) is 11.3. The molecule has 0 spiro atoms. The third kappa shape index (κ3) is 2.41. The van der Waals surface area contributed by atoms with Crippen LogP contribution in [0.2, 0.25) is 0 Å². The Morgan fingerprint density at radius 2 is 1.79 bits per heavy atom. The van der Waals surface area contributed by atoms with Crippen LogP contribution in [0.3, 0.4) is 0 Å². The van der Waals surface area contributed by atoms with Gasteiger partial charge in [0.15, 0.2) is 0 Å². The van der Waals surface area contributed by atoms with Crippen LogP contribution in [0, 0.1) is 11.6 Å².